The maximum atomic E-state index is 12.9. The lowest BCUT2D eigenvalue weighted by Crippen LogP contribution is -2.58. The number of aliphatic imine (C=N–C) groups is 2. The van der Waals surface area contributed by atoms with E-state index in [0.29, 0.717) is 12.2 Å². The molecule has 0 amide bonds. The smallest absolute Gasteiger partial charge is 0.242 e. The first-order chi connectivity index (χ1) is 12.9. The summed E-state index contributed by atoms with van der Waals surface area (Å²) in [5.74, 6) is 0.327. The van der Waals surface area contributed by atoms with Gasteiger partial charge in [0.1, 0.15) is 10.6 Å². The van der Waals surface area contributed by atoms with E-state index in [1.165, 1.54) is 0 Å². The number of para-hydroxylation sites is 1. The summed E-state index contributed by atoms with van der Waals surface area (Å²) in [6, 6.07) is 6.85. The van der Waals surface area contributed by atoms with Crippen LogP contribution in [0.2, 0.25) is 0 Å². The van der Waals surface area contributed by atoms with Crippen molar-refractivity contribution in [3.8, 4) is 0 Å². The summed E-state index contributed by atoms with van der Waals surface area (Å²) in [4.78, 5) is 10.7. The summed E-state index contributed by atoms with van der Waals surface area (Å²) in [5, 5.41) is 0. The van der Waals surface area contributed by atoms with Crippen molar-refractivity contribution in [3.63, 3.8) is 0 Å². The Kier molecular flexibility index (Phi) is 5.71. The molecule has 0 aromatic heterocycles. The molecule has 0 unspecified atom stereocenters. The van der Waals surface area contributed by atoms with Crippen molar-refractivity contribution >= 4 is 27.6 Å². The number of hydrogen-bond acceptors (Lipinski definition) is 7. The number of unbranched alkanes of at least 4 members (excludes halogenated alkanes) is 1. The fourth-order valence-corrected chi connectivity index (χ4v) is 5.06. The standard InChI is InChI=1S/C18H28N6O2S/c1-2-3-13-21-27(25,26)15-10-6-5-9-14(15)24-17(20)22-16(19)23-18(24)11-7-4-8-12-18/h5-6,9-10,21H,2-4,7-8,11-13H2,1H3,(H4,19,20,22,23). The summed E-state index contributed by atoms with van der Waals surface area (Å²) in [6.07, 6.45) is 6.25. The molecular formula is C18H28N6O2S. The first-order valence-electron chi connectivity index (χ1n) is 9.48. The minimum Gasteiger partial charge on any atom is -0.369 e. The van der Waals surface area contributed by atoms with Gasteiger partial charge in [-0.3, -0.25) is 4.90 Å². The van der Waals surface area contributed by atoms with Crippen LogP contribution in [0, 0.1) is 0 Å². The Labute approximate surface area is 160 Å². The van der Waals surface area contributed by atoms with Gasteiger partial charge in [0.2, 0.25) is 21.9 Å². The zero-order valence-corrected chi connectivity index (χ0v) is 16.5. The van der Waals surface area contributed by atoms with Crippen molar-refractivity contribution in [2.24, 2.45) is 21.5 Å². The molecule has 1 saturated carbocycles. The number of anilines is 1. The molecule has 1 aliphatic heterocycles. The third-order valence-corrected chi connectivity index (χ3v) is 6.58. The van der Waals surface area contributed by atoms with Gasteiger partial charge in [-0.15, -0.1) is 0 Å². The molecule has 3 rings (SSSR count). The second-order valence-electron chi connectivity index (χ2n) is 7.04. The van der Waals surface area contributed by atoms with Crippen LogP contribution in [0.15, 0.2) is 39.1 Å². The topological polar surface area (TPSA) is 126 Å². The molecule has 0 bridgehead atoms. The van der Waals surface area contributed by atoms with E-state index in [1.54, 1.807) is 29.2 Å². The maximum absolute atomic E-state index is 12.9. The molecule has 148 valence electrons. The number of guanidine groups is 2. The summed E-state index contributed by atoms with van der Waals surface area (Å²) < 4.78 is 28.5. The molecule has 1 spiro atoms. The van der Waals surface area contributed by atoms with Gasteiger partial charge in [0, 0.05) is 6.54 Å². The van der Waals surface area contributed by atoms with E-state index in [1.807, 2.05) is 6.92 Å². The molecule has 27 heavy (non-hydrogen) atoms. The Morgan fingerprint density at radius 2 is 1.89 bits per heavy atom. The second-order valence-corrected chi connectivity index (χ2v) is 8.77. The van der Waals surface area contributed by atoms with E-state index in [4.69, 9.17) is 11.5 Å². The molecule has 9 heteroatoms. The molecule has 0 radical (unpaired) electrons. The van der Waals surface area contributed by atoms with Crippen LogP contribution in [0.5, 0.6) is 0 Å². The normalized spacial score (nSPS) is 19.7. The highest BCUT2D eigenvalue weighted by Crippen LogP contribution is 2.41. The molecule has 0 atom stereocenters. The number of nitrogens with two attached hydrogens (primary N) is 2. The van der Waals surface area contributed by atoms with Crippen LogP contribution in [-0.4, -0.2) is 32.5 Å². The number of benzene rings is 1. The van der Waals surface area contributed by atoms with Crippen molar-refractivity contribution in [1.82, 2.24) is 4.72 Å². The highest BCUT2D eigenvalue weighted by Gasteiger charge is 2.44. The average molecular weight is 393 g/mol. The van der Waals surface area contributed by atoms with Crippen molar-refractivity contribution < 1.29 is 8.42 Å². The van der Waals surface area contributed by atoms with Crippen molar-refractivity contribution in [1.29, 1.82) is 0 Å². The van der Waals surface area contributed by atoms with E-state index >= 15 is 0 Å². The van der Waals surface area contributed by atoms with Crippen LogP contribution in [0.3, 0.4) is 0 Å². The van der Waals surface area contributed by atoms with Gasteiger partial charge in [0.15, 0.2) is 0 Å². The van der Waals surface area contributed by atoms with Crippen molar-refractivity contribution in [2.75, 3.05) is 11.4 Å². The highest BCUT2D eigenvalue weighted by atomic mass is 32.2. The van der Waals surface area contributed by atoms with Gasteiger partial charge in [-0.05, 0) is 44.2 Å². The van der Waals surface area contributed by atoms with Gasteiger partial charge >= 0.3 is 0 Å². The molecule has 0 saturated heterocycles. The first kappa shape index (κ1) is 19.6. The Morgan fingerprint density at radius 1 is 1.19 bits per heavy atom. The molecular weight excluding hydrogens is 364 g/mol. The third-order valence-electron chi connectivity index (χ3n) is 5.07. The lowest BCUT2D eigenvalue weighted by molar-refractivity contribution is 0.305. The molecule has 1 aromatic rings. The molecule has 8 nitrogen and oxygen atoms in total. The van der Waals surface area contributed by atoms with Crippen LogP contribution >= 0.6 is 0 Å². The van der Waals surface area contributed by atoms with Crippen LogP contribution < -0.4 is 21.1 Å². The van der Waals surface area contributed by atoms with Crippen LogP contribution in [-0.2, 0) is 10.0 Å². The van der Waals surface area contributed by atoms with Gasteiger partial charge in [-0.1, -0.05) is 31.9 Å². The van der Waals surface area contributed by atoms with Gasteiger partial charge in [-0.2, -0.15) is 4.99 Å². The minimum absolute atomic E-state index is 0.145. The molecule has 2 aliphatic rings. The van der Waals surface area contributed by atoms with Crippen LogP contribution in [0.25, 0.3) is 0 Å². The van der Waals surface area contributed by atoms with Gasteiger partial charge in [0.05, 0.1) is 5.69 Å². The Hall–Kier alpha value is -2.13. The predicted octanol–water partition coefficient (Wildman–Crippen LogP) is 1.87. The number of sulfonamides is 1. The quantitative estimate of drug-likeness (QED) is 0.637. The SMILES string of the molecule is CCCCNS(=O)(=O)c1ccccc1N1C(N)=NC(N)=NC12CCCCC2. The van der Waals surface area contributed by atoms with Crippen LogP contribution in [0.1, 0.15) is 51.9 Å². The minimum atomic E-state index is -3.69. The van der Waals surface area contributed by atoms with Crippen molar-refractivity contribution in [3.05, 3.63) is 24.3 Å². The number of rotatable bonds is 6. The molecule has 5 N–H and O–H groups in total. The summed E-state index contributed by atoms with van der Waals surface area (Å²) >= 11 is 0. The Morgan fingerprint density at radius 3 is 2.59 bits per heavy atom. The van der Waals surface area contributed by atoms with Gasteiger partial charge in [0.25, 0.3) is 0 Å². The monoisotopic (exact) mass is 392 g/mol. The molecule has 1 aromatic carbocycles. The summed E-state index contributed by atoms with van der Waals surface area (Å²) in [6.45, 7) is 2.41. The predicted molar refractivity (Wildman–Crippen MR) is 108 cm³/mol. The summed E-state index contributed by atoms with van der Waals surface area (Å²) in [5.41, 5.74) is 12.0. The molecule has 1 heterocycles. The van der Waals surface area contributed by atoms with Crippen LogP contribution in [0.4, 0.5) is 5.69 Å². The number of nitrogens with zero attached hydrogens (tertiary/aromatic N) is 3. The fourth-order valence-electron chi connectivity index (χ4n) is 3.80. The second kappa shape index (κ2) is 7.85. The lowest BCUT2D eigenvalue weighted by Gasteiger charge is -2.46. The van der Waals surface area contributed by atoms with E-state index in [9.17, 15) is 8.42 Å². The third kappa shape index (κ3) is 3.93. The first-order valence-corrected chi connectivity index (χ1v) is 11.0. The zero-order chi connectivity index (χ0) is 19.5. The van der Waals surface area contributed by atoms with E-state index in [0.717, 1.165) is 44.9 Å². The maximum Gasteiger partial charge on any atom is 0.242 e. The van der Waals surface area contributed by atoms with E-state index in [2.05, 4.69) is 14.7 Å². The highest BCUT2D eigenvalue weighted by molar-refractivity contribution is 7.89. The zero-order valence-electron chi connectivity index (χ0n) is 15.7. The van der Waals surface area contributed by atoms with Gasteiger partial charge < -0.3 is 11.5 Å². The number of nitrogens with one attached hydrogen (secondary N) is 1. The molecule has 1 aliphatic carbocycles. The Balaban J connectivity index is 2.06. The average Bonchev–Trinajstić information content (AvgIpc) is 2.62. The van der Waals surface area contributed by atoms with Gasteiger partial charge in [-0.25, -0.2) is 18.1 Å². The lowest BCUT2D eigenvalue weighted by atomic mass is 9.87. The number of hydrogen-bond donors (Lipinski definition) is 3. The largest absolute Gasteiger partial charge is 0.369 e. The summed E-state index contributed by atoms with van der Waals surface area (Å²) in [7, 11) is -3.69. The molecule has 1 fully saturated rings. The van der Waals surface area contributed by atoms with E-state index < -0.39 is 15.7 Å². The Bertz CT molecular complexity index is 843. The van der Waals surface area contributed by atoms with Crippen molar-refractivity contribution in [2.45, 2.75) is 62.4 Å². The fraction of sp³-hybridized carbons (Fsp3) is 0.556. The van der Waals surface area contributed by atoms with E-state index in [-0.39, 0.29) is 16.8 Å².